The first-order valence-electron chi connectivity index (χ1n) is 5.54. The van der Waals surface area contributed by atoms with Crippen LogP contribution in [0.1, 0.15) is 52.4 Å². The second-order valence-electron chi connectivity index (χ2n) is 4.54. The van der Waals surface area contributed by atoms with Crippen LogP contribution in [0, 0.1) is 5.92 Å². The van der Waals surface area contributed by atoms with Gasteiger partial charge in [0.15, 0.2) is 0 Å². The van der Waals surface area contributed by atoms with E-state index in [-0.39, 0.29) is 6.04 Å². The molecule has 2 unspecified atom stereocenters. The molecule has 0 bridgehead atoms. The maximum Gasteiger partial charge on any atom is 0.112 e. The summed E-state index contributed by atoms with van der Waals surface area (Å²) < 4.78 is 14.1. The highest BCUT2D eigenvalue weighted by Gasteiger charge is 2.38. The van der Waals surface area contributed by atoms with Crippen molar-refractivity contribution in [2.45, 2.75) is 64.1 Å². The van der Waals surface area contributed by atoms with Crippen LogP contribution in [-0.2, 0) is 0 Å². The Kier molecular flexibility index (Phi) is 3.72. The third-order valence-electron chi connectivity index (χ3n) is 3.40. The minimum atomic E-state index is -0.934. The zero-order chi connectivity index (χ0) is 9.90. The quantitative estimate of drug-likeness (QED) is 0.719. The van der Waals surface area contributed by atoms with Gasteiger partial charge in [-0.1, -0.05) is 26.7 Å². The molecule has 0 aliphatic heterocycles. The van der Waals surface area contributed by atoms with Crippen molar-refractivity contribution in [1.82, 2.24) is 0 Å². The molecule has 1 aliphatic rings. The maximum atomic E-state index is 14.1. The van der Waals surface area contributed by atoms with Crippen molar-refractivity contribution < 1.29 is 4.39 Å². The van der Waals surface area contributed by atoms with Crippen LogP contribution < -0.4 is 5.73 Å². The van der Waals surface area contributed by atoms with E-state index in [0.717, 1.165) is 25.7 Å². The predicted molar refractivity (Wildman–Crippen MR) is 54.4 cm³/mol. The fraction of sp³-hybridized carbons (Fsp3) is 1.00. The Morgan fingerprint density at radius 1 is 1.46 bits per heavy atom. The van der Waals surface area contributed by atoms with Gasteiger partial charge in [-0.05, 0) is 31.6 Å². The molecule has 2 atom stereocenters. The molecule has 0 aromatic rings. The van der Waals surface area contributed by atoms with Gasteiger partial charge in [-0.3, -0.25) is 0 Å². The highest BCUT2D eigenvalue weighted by molar-refractivity contribution is 4.92. The smallest absolute Gasteiger partial charge is 0.112 e. The molecule has 1 nitrogen and oxygen atoms in total. The van der Waals surface area contributed by atoms with Gasteiger partial charge in [-0.15, -0.1) is 0 Å². The van der Waals surface area contributed by atoms with Gasteiger partial charge in [-0.2, -0.15) is 0 Å². The van der Waals surface area contributed by atoms with Crippen molar-refractivity contribution >= 4 is 0 Å². The van der Waals surface area contributed by atoms with E-state index in [2.05, 4.69) is 13.8 Å². The Balaban J connectivity index is 2.42. The van der Waals surface area contributed by atoms with E-state index < -0.39 is 5.67 Å². The largest absolute Gasteiger partial charge is 0.328 e. The molecule has 0 aromatic heterocycles. The highest BCUT2D eigenvalue weighted by Crippen LogP contribution is 2.39. The number of alkyl halides is 1. The van der Waals surface area contributed by atoms with E-state index in [1.165, 1.54) is 0 Å². The summed E-state index contributed by atoms with van der Waals surface area (Å²) in [6.45, 7) is 4.29. The Morgan fingerprint density at radius 3 is 2.46 bits per heavy atom. The second kappa shape index (κ2) is 4.41. The number of nitrogens with two attached hydrogens (primary N) is 1. The molecule has 0 spiro atoms. The van der Waals surface area contributed by atoms with E-state index in [0.29, 0.717) is 18.8 Å². The van der Waals surface area contributed by atoms with Gasteiger partial charge < -0.3 is 5.73 Å². The lowest BCUT2D eigenvalue weighted by atomic mass is 9.87. The lowest BCUT2D eigenvalue weighted by molar-refractivity contribution is 0.126. The van der Waals surface area contributed by atoms with Crippen molar-refractivity contribution in [3.05, 3.63) is 0 Å². The molecule has 1 aliphatic carbocycles. The first kappa shape index (κ1) is 11.0. The van der Waals surface area contributed by atoms with Gasteiger partial charge in [0.25, 0.3) is 0 Å². The van der Waals surface area contributed by atoms with E-state index in [9.17, 15) is 4.39 Å². The van der Waals surface area contributed by atoms with Gasteiger partial charge in [0, 0.05) is 6.04 Å². The van der Waals surface area contributed by atoms with Crippen molar-refractivity contribution in [3.8, 4) is 0 Å². The van der Waals surface area contributed by atoms with E-state index >= 15 is 0 Å². The summed E-state index contributed by atoms with van der Waals surface area (Å²) in [7, 11) is 0. The molecule has 0 aromatic carbocycles. The van der Waals surface area contributed by atoms with Crippen LogP contribution in [0.5, 0.6) is 0 Å². The molecule has 1 saturated carbocycles. The SMILES string of the molecule is CCC(CC)CC1(F)CCC(N)C1. The fourth-order valence-corrected chi connectivity index (χ4v) is 2.40. The number of rotatable bonds is 4. The Hall–Kier alpha value is -0.110. The van der Waals surface area contributed by atoms with Crippen LogP contribution in [0.3, 0.4) is 0 Å². The topological polar surface area (TPSA) is 26.0 Å². The van der Waals surface area contributed by atoms with Crippen molar-refractivity contribution in [2.75, 3.05) is 0 Å². The zero-order valence-corrected chi connectivity index (χ0v) is 8.85. The fourth-order valence-electron chi connectivity index (χ4n) is 2.40. The summed E-state index contributed by atoms with van der Waals surface area (Å²) >= 11 is 0. The molecule has 1 rings (SSSR count). The van der Waals surface area contributed by atoms with Crippen LogP contribution in [0.25, 0.3) is 0 Å². The second-order valence-corrected chi connectivity index (χ2v) is 4.54. The summed E-state index contributed by atoms with van der Waals surface area (Å²) in [6.07, 6.45) is 5.06. The minimum absolute atomic E-state index is 0.111. The Labute approximate surface area is 80.9 Å². The molecule has 0 saturated heterocycles. The van der Waals surface area contributed by atoms with Crippen LogP contribution >= 0.6 is 0 Å². The molecule has 0 radical (unpaired) electrons. The van der Waals surface area contributed by atoms with Crippen molar-refractivity contribution in [3.63, 3.8) is 0 Å². The van der Waals surface area contributed by atoms with Crippen LogP contribution in [0.2, 0.25) is 0 Å². The lowest BCUT2D eigenvalue weighted by Gasteiger charge is -2.24. The first-order chi connectivity index (χ1) is 6.09. The molecule has 2 N–H and O–H groups in total. The van der Waals surface area contributed by atoms with Crippen LogP contribution in [-0.4, -0.2) is 11.7 Å². The summed E-state index contributed by atoms with van der Waals surface area (Å²) in [5.41, 5.74) is 4.79. The molecule has 0 amide bonds. The number of hydrogen-bond acceptors (Lipinski definition) is 1. The Morgan fingerprint density at radius 2 is 2.08 bits per heavy atom. The maximum absolute atomic E-state index is 14.1. The summed E-state index contributed by atoms with van der Waals surface area (Å²) in [4.78, 5) is 0. The molecule has 78 valence electrons. The Bertz CT molecular complexity index is 156. The molecule has 13 heavy (non-hydrogen) atoms. The van der Waals surface area contributed by atoms with Gasteiger partial charge >= 0.3 is 0 Å². The van der Waals surface area contributed by atoms with Crippen molar-refractivity contribution in [2.24, 2.45) is 11.7 Å². The van der Waals surface area contributed by atoms with Crippen LogP contribution in [0.4, 0.5) is 4.39 Å². The summed E-state index contributed by atoms with van der Waals surface area (Å²) in [5.74, 6) is 0.551. The van der Waals surface area contributed by atoms with Gasteiger partial charge in [0.1, 0.15) is 5.67 Å². The third-order valence-corrected chi connectivity index (χ3v) is 3.40. The summed E-state index contributed by atoms with van der Waals surface area (Å²) in [6, 6.07) is 0.111. The molecular formula is C11H22FN. The standard InChI is InChI=1S/C11H22FN/c1-3-9(4-2)7-11(12)6-5-10(13)8-11/h9-10H,3-8,13H2,1-2H3. The van der Waals surface area contributed by atoms with Crippen molar-refractivity contribution in [1.29, 1.82) is 0 Å². The average Bonchev–Trinajstić information content (AvgIpc) is 2.43. The third kappa shape index (κ3) is 2.94. The average molecular weight is 187 g/mol. The highest BCUT2D eigenvalue weighted by atomic mass is 19.1. The normalized spacial score (nSPS) is 34.4. The first-order valence-corrected chi connectivity index (χ1v) is 5.54. The minimum Gasteiger partial charge on any atom is -0.328 e. The predicted octanol–water partition coefficient (Wildman–Crippen LogP) is 3.03. The lowest BCUT2D eigenvalue weighted by Crippen LogP contribution is -2.26. The van der Waals surface area contributed by atoms with Crippen LogP contribution in [0.15, 0.2) is 0 Å². The molecular weight excluding hydrogens is 165 g/mol. The summed E-state index contributed by atoms with van der Waals surface area (Å²) in [5, 5.41) is 0. The number of halogens is 1. The molecule has 0 heterocycles. The van der Waals surface area contributed by atoms with E-state index in [1.807, 2.05) is 0 Å². The van der Waals surface area contributed by atoms with E-state index in [4.69, 9.17) is 5.73 Å². The van der Waals surface area contributed by atoms with Gasteiger partial charge in [0.2, 0.25) is 0 Å². The number of hydrogen-bond donors (Lipinski definition) is 1. The zero-order valence-electron chi connectivity index (χ0n) is 8.85. The molecule has 1 fully saturated rings. The molecule has 2 heteroatoms. The van der Waals surface area contributed by atoms with Gasteiger partial charge in [-0.25, -0.2) is 4.39 Å². The monoisotopic (exact) mass is 187 g/mol. The van der Waals surface area contributed by atoms with E-state index in [1.54, 1.807) is 0 Å². The van der Waals surface area contributed by atoms with Gasteiger partial charge in [0.05, 0.1) is 0 Å².